The first kappa shape index (κ1) is 47.1. The second-order valence-corrected chi connectivity index (χ2v) is 0. The first-order chi connectivity index (χ1) is 0. The van der Waals surface area contributed by atoms with Gasteiger partial charge >= 0.3 is 39.9 Å². The molecule has 0 aliphatic carbocycles. The van der Waals surface area contributed by atoms with E-state index in [1.807, 2.05) is 0 Å². The van der Waals surface area contributed by atoms with Gasteiger partial charge in [0.1, 0.15) is 0 Å². The van der Waals surface area contributed by atoms with E-state index in [9.17, 15) is 0 Å². The van der Waals surface area contributed by atoms with E-state index in [1.165, 1.54) is 0 Å². The van der Waals surface area contributed by atoms with Crippen molar-refractivity contribution in [3.63, 3.8) is 0 Å². The largest absolute Gasteiger partial charge is 3.00 e. The second kappa shape index (κ2) is 29.7. The van der Waals surface area contributed by atoms with Gasteiger partial charge in [0, 0.05) is 0 Å². The zero-order valence-corrected chi connectivity index (χ0v) is 9.01. The van der Waals surface area contributed by atoms with Gasteiger partial charge in [-0.1, -0.05) is 0 Å². The zero-order chi connectivity index (χ0) is 0. The first-order valence-corrected chi connectivity index (χ1v) is 0. The van der Waals surface area contributed by atoms with Crippen molar-refractivity contribution in [2.24, 2.45) is 0 Å². The van der Waals surface area contributed by atoms with Crippen molar-refractivity contribution in [3.05, 3.63) is 0 Å². The standard InChI is InChI=1S/3BrH.Gd.H2O/h3*1H;;1H2/q;;;+3;/p-3. The van der Waals surface area contributed by atoms with Crippen LogP contribution in [-0.4, -0.2) is 5.48 Å². The maximum atomic E-state index is 0. The third kappa shape index (κ3) is 20.2. The van der Waals surface area contributed by atoms with Crippen molar-refractivity contribution >= 4 is 0 Å². The smallest absolute Gasteiger partial charge is 1.00 e. The summed E-state index contributed by atoms with van der Waals surface area (Å²) in [4.78, 5) is 0. The number of rotatable bonds is 0. The molecule has 0 amide bonds. The topological polar surface area (TPSA) is 31.5 Å². The molecule has 0 rings (SSSR count). The molecule has 0 spiro atoms. The molecule has 0 aliphatic rings. The van der Waals surface area contributed by atoms with Crippen LogP contribution in [0.25, 0.3) is 0 Å². The van der Waals surface area contributed by atoms with Gasteiger partial charge in [-0.15, -0.1) is 0 Å². The van der Waals surface area contributed by atoms with Crippen LogP contribution in [0.4, 0.5) is 0 Å². The Morgan fingerprint density at radius 3 is 0.600 bits per heavy atom. The van der Waals surface area contributed by atoms with E-state index in [0.717, 1.165) is 0 Å². The Labute approximate surface area is 94.6 Å². The van der Waals surface area contributed by atoms with Gasteiger partial charge < -0.3 is 56.4 Å². The van der Waals surface area contributed by atoms with E-state index in [4.69, 9.17) is 0 Å². The molecule has 5 heavy (non-hydrogen) atoms. The summed E-state index contributed by atoms with van der Waals surface area (Å²) in [6.45, 7) is 0. The quantitative estimate of drug-likeness (QED) is 0.377. The normalized spacial score (nSPS) is 0. The van der Waals surface area contributed by atoms with Crippen molar-refractivity contribution in [1.29, 1.82) is 0 Å². The van der Waals surface area contributed by atoms with Gasteiger partial charge in [0.25, 0.3) is 0 Å². The van der Waals surface area contributed by atoms with Crippen LogP contribution >= 0.6 is 0 Å². The minimum Gasteiger partial charge on any atom is -1.00 e. The molecule has 0 aromatic carbocycles. The van der Waals surface area contributed by atoms with E-state index in [-0.39, 0.29) is 96.4 Å². The van der Waals surface area contributed by atoms with Gasteiger partial charge in [0.05, 0.1) is 0 Å². The van der Waals surface area contributed by atoms with Crippen LogP contribution in [-0.2, 0) is 0 Å². The summed E-state index contributed by atoms with van der Waals surface area (Å²) in [7, 11) is 0. The van der Waals surface area contributed by atoms with Gasteiger partial charge in [-0.2, -0.15) is 0 Å². The molecule has 0 bridgehead atoms. The molecule has 37 valence electrons. The molecular weight excluding hydrogens is 413 g/mol. The van der Waals surface area contributed by atoms with Crippen LogP contribution in [0.2, 0.25) is 0 Å². The molecule has 0 saturated carbocycles. The van der Waals surface area contributed by atoms with Crippen LogP contribution in [0.3, 0.4) is 0 Å². The Kier molecular flexibility index (Phi) is 279. The van der Waals surface area contributed by atoms with Gasteiger partial charge in [-0.05, 0) is 0 Å². The summed E-state index contributed by atoms with van der Waals surface area (Å²) in [6.07, 6.45) is 0. The van der Waals surface area contributed by atoms with Crippen molar-refractivity contribution in [2.45, 2.75) is 0 Å². The summed E-state index contributed by atoms with van der Waals surface area (Å²) in [5.74, 6) is 0. The Bertz CT molecular complexity index is 6.85. The average molecular weight is 415 g/mol. The fourth-order valence-electron chi connectivity index (χ4n) is 0. The molecule has 0 atom stereocenters. The van der Waals surface area contributed by atoms with Crippen molar-refractivity contribution in [3.8, 4) is 0 Å². The van der Waals surface area contributed by atoms with E-state index < -0.39 is 0 Å². The summed E-state index contributed by atoms with van der Waals surface area (Å²) in [5, 5.41) is 0. The predicted octanol–water partition coefficient (Wildman–Crippen LogP) is -9.81. The minimum absolute atomic E-state index is 0. The van der Waals surface area contributed by atoms with E-state index in [1.54, 1.807) is 0 Å². The molecule has 0 saturated heterocycles. The predicted molar refractivity (Wildman–Crippen MR) is 3.61 cm³/mol. The molecule has 0 aliphatic heterocycles. The van der Waals surface area contributed by atoms with Crippen molar-refractivity contribution in [2.75, 3.05) is 0 Å². The molecule has 0 heterocycles. The van der Waals surface area contributed by atoms with Crippen LogP contribution in [0, 0.1) is 39.9 Å². The molecular formula is H2Br3GdO. The molecule has 1 radical (unpaired) electrons. The van der Waals surface area contributed by atoms with Gasteiger partial charge in [-0.25, -0.2) is 0 Å². The Morgan fingerprint density at radius 1 is 0.600 bits per heavy atom. The van der Waals surface area contributed by atoms with E-state index in [2.05, 4.69) is 0 Å². The fraction of sp³-hybridized carbons (Fsp3) is 0. The Morgan fingerprint density at radius 2 is 0.600 bits per heavy atom. The maximum Gasteiger partial charge on any atom is 3.00 e. The maximum absolute atomic E-state index is 0. The summed E-state index contributed by atoms with van der Waals surface area (Å²) < 4.78 is 0. The Hall–Kier alpha value is 2.72. The molecule has 0 fully saturated rings. The molecule has 2 N–H and O–H groups in total. The molecule has 0 aromatic heterocycles. The molecule has 1 nitrogen and oxygen atoms in total. The monoisotopic (exact) mass is 413 g/mol. The summed E-state index contributed by atoms with van der Waals surface area (Å²) in [6, 6.07) is 0. The van der Waals surface area contributed by atoms with Crippen LogP contribution in [0.15, 0.2) is 0 Å². The third-order valence-electron chi connectivity index (χ3n) is 0. The average Bonchev–Trinajstić information content (AvgIpc) is 0. The van der Waals surface area contributed by atoms with E-state index in [0.29, 0.717) is 0 Å². The van der Waals surface area contributed by atoms with Crippen LogP contribution < -0.4 is 50.9 Å². The molecule has 0 aromatic rings. The van der Waals surface area contributed by atoms with Crippen LogP contribution in [0.5, 0.6) is 0 Å². The second-order valence-electron chi connectivity index (χ2n) is 0. The third-order valence-corrected chi connectivity index (χ3v) is 0. The SMILES string of the molecule is O.[Br-].[Br-].[Br-].[Gd+3]. The van der Waals surface area contributed by atoms with Crippen molar-refractivity contribution in [1.82, 2.24) is 0 Å². The minimum atomic E-state index is 0. The molecule has 5 heteroatoms. The molecule has 0 unspecified atom stereocenters. The zero-order valence-electron chi connectivity index (χ0n) is 1.99. The van der Waals surface area contributed by atoms with Crippen LogP contribution in [0.1, 0.15) is 0 Å². The van der Waals surface area contributed by atoms with Gasteiger partial charge in [0.15, 0.2) is 0 Å². The first-order valence-electron chi connectivity index (χ1n) is 0. The number of halogens is 3. The fourth-order valence-corrected chi connectivity index (χ4v) is 0. The van der Waals surface area contributed by atoms with Gasteiger partial charge in [-0.3, -0.25) is 0 Å². The summed E-state index contributed by atoms with van der Waals surface area (Å²) in [5.41, 5.74) is 0. The van der Waals surface area contributed by atoms with Gasteiger partial charge in [0.2, 0.25) is 0 Å². The number of hydrogen-bond donors (Lipinski definition) is 0. The van der Waals surface area contributed by atoms with Crippen molar-refractivity contribution < 1.29 is 96.4 Å². The summed E-state index contributed by atoms with van der Waals surface area (Å²) >= 11 is 0. The Balaban J connectivity index is 0. The number of hydrogen-bond acceptors (Lipinski definition) is 0. The van der Waals surface area contributed by atoms with E-state index >= 15 is 0 Å².